The Labute approximate surface area is 121 Å². The number of rotatable bonds is 8. The monoisotopic (exact) mass is 301 g/mol. The molecular weight excluding hydrogens is 286 g/mol. The van der Waals surface area contributed by atoms with Gasteiger partial charge in [-0.15, -0.1) is 11.8 Å². The molecule has 1 atom stereocenters. The maximum Gasteiger partial charge on any atom is 0.322 e. The van der Waals surface area contributed by atoms with Crippen LogP contribution < -0.4 is 4.84 Å². The van der Waals surface area contributed by atoms with E-state index in [-0.39, 0.29) is 5.78 Å². The number of ketones is 1. The predicted molar refractivity (Wildman–Crippen MR) is 76.6 cm³/mol. The van der Waals surface area contributed by atoms with Crippen LogP contribution in [0.2, 0.25) is 0 Å². The van der Waals surface area contributed by atoms with Gasteiger partial charge < -0.3 is 5.11 Å². The zero-order valence-corrected chi connectivity index (χ0v) is 12.1. The minimum absolute atomic E-state index is 0.214. The van der Waals surface area contributed by atoms with E-state index in [0.29, 0.717) is 18.6 Å². The maximum absolute atomic E-state index is 11.2. The molecule has 0 aliphatic rings. The fourth-order valence-corrected chi connectivity index (χ4v) is 2.43. The van der Waals surface area contributed by atoms with Gasteiger partial charge in [0.2, 0.25) is 0 Å². The van der Waals surface area contributed by atoms with Gasteiger partial charge in [0.1, 0.15) is 11.8 Å². The quantitative estimate of drug-likeness (QED) is 0.570. The Balaban J connectivity index is 2.56. The Bertz CT molecular complexity index is 436. The molecule has 0 aliphatic heterocycles. The summed E-state index contributed by atoms with van der Waals surface area (Å²) in [6, 6.07) is 6.67. The molecule has 0 spiro atoms. The standard InChI is InChI=1S/C13H16ClNO3S/c1-2-10(16)8-19-11-5-3-9(4-6-11)7-12(15-14)13(17)18/h3-6,12,15H,2,7-8H2,1H3,(H,17,18). The predicted octanol–water partition coefficient (Wildman–Crippen LogP) is 2.50. The van der Waals surface area contributed by atoms with Crippen LogP contribution in [0.5, 0.6) is 0 Å². The SMILES string of the molecule is CCC(=O)CSc1ccc(CC(NCl)C(=O)O)cc1. The third-order valence-electron chi connectivity index (χ3n) is 2.59. The largest absolute Gasteiger partial charge is 0.480 e. The number of carboxylic acids is 1. The van der Waals surface area contributed by atoms with Gasteiger partial charge in [0.25, 0.3) is 0 Å². The van der Waals surface area contributed by atoms with Gasteiger partial charge in [0, 0.05) is 11.3 Å². The molecule has 0 saturated carbocycles. The van der Waals surface area contributed by atoms with Crippen LogP contribution in [0.15, 0.2) is 29.2 Å². The minimum atomic E-state index is -0.984. The zero-order valence-electron chi connectivity index (χ0n) is 10.6. The number of hydrogen-bond donors (Lipinski definition) is 2. The summed E-state index contributed by atoms with van der Waals surface area (Å²) in [7, 11) is 0. The topological polar surface area (TPSA) is 66.4 Å². The summed E-state index contributed by atoms with van der Waals surface area (Å²) in [5.74, 6) is -0.301. The minimum Gasteiger partial charge on any atom is -0.480 e. The fourth-order valence-electron chi connectivity index (χ4n) is 1.40. The van der Waals surface area contributed by atoms with Gasteiger partial charge in [-0.2, -0.15) is 0 Å². The van der Waals surface area contributed by atoms with Gasteiger partial charge >= 0.3 is 5.97 Å². The number of nitrogens with one attached hydrogen (secondary N) is 1. The lowest BCUT2D eigenvalue weighted by molar-refractivity contribution is -0.138. The first-order chi connectivity index (χ1) is 9.06. The van der Waals surface area contributed by atoms with Gasteiger partial charge in [-0.25, -0.2) is 4.84 Å². The molecule has 6 heteroatoms. The second kappa shape index (κ2) is 8.19. The molecule has 0 amide bonds. The molecule has 0 heterocycles. The summed E-state index contributed by atoms with van der Waals surface area (Å²) in [5, 5.41) is 8.87. The number of thioether (sulfide) groups is 1. The molecule has 0 radical (unpaired) electrons. The molecule has 0 saturated heterocycles. The van der Waals surface area contributed by atoms with Crippen LogP contribution in [0.4, 0.5) is 0 Å². The summed E-state index contributed by atoms with van der Waals surface area (Å²) in [5.41, 5.74) is 0.881. The first-order valence-electron chi connectivity index (χ1n) is 5.89. The lowest BCUT2D eigenvalue weighted by Gasteiger charge is -2.09. The number of hydrogen-bond acceptors (Lipinski definition) is 4. The molecule has 19 heavy (non-hydrogen) atoms. The molecule has 4 nitrogen and oxygen atoms in total. The van der Waals surface area contributed by atoms with Crippen LogP contribution in [0, 0.1) is 0 Å². The molecule has 1 aromatic carbocycles. The number of carbonyl (C=O) groups is 2. The second-order valence-electron chi connectivity index (χ2n) is 4.03. The molecule has 104 valence electrons. The van der Waals surface area contributed by atoms with Gasteiger partial charge in [-0.3, -0.25) is 9.59 Å². The van der Waals surface area contributed by atoms with E-state index in [4.69, 9.17) is 16.9 Å². The Morgan fingerprint density at radius 1 is 1.37 bits per heavy atom. The van der Waals surface area contributed by atoms with E-state index < -0.39 is 12.0 Å². The van der Waals surface area contributed by atoms with Crippen molar-refractivity contribution in [2.45, 2.75) is 30.7 Å². The van der Waals surface area contributed by atoms with Crippen LogP contribution in [0.25, 0.3) is 0 Å². The molecule has 0 bridgehead atoms. The summed E-state index contributed by atoms with van der Waals surface area (Å²) in [6.45, 7) is 1.84. The highest BCUT2D eigenvalue weighted by Gasteiger charge is 2.16. The van der Waals surface area contributed by atoms with Crippen molar-refractivity contribution in [3.8, 4) is 0 Å². The maximum atomic E-state index is 11.2. The van der Waals surface area contributed by atoms with E-state index in [0.717, 1.165) is 10.5 Å². The van der Waals surface area contributed by atoms with Crippen molar-refractivity contribution < 1.29 is 14.7 Å². The van der Waals surface area contributed by atoms with E-state index in [1.807, 2.05) is 31.2 Å². The number of carboxylic acid groups (broad SMARTS) is 1. The average Bonchev–Trinajstić information content (AvgIpc) is 2.42. The number of carbonyl (C=O) groups excluding carboxylic acids is 1. The van der Waals surface area contributed by atoms with Crippen molar-refractivity contribution in [1.82, 2.24) is 4.84 Å². The van der Waals surface area contributed by atoms with Gasteiger partial charge in [-0.05, 0) is 35.9 Å². The summed E-state index contributed by atoms with van der Waals surface area (Å²) in [6.07, 6.45) is 0.866. The summed E-state index contributed by atoms with van der Waals surface area (Å²) < 4.78 is 0. The molecule has 1 aromatic rings. The van der Waals surface area contributed by atoms with E-state index in [2.05, 4.69) is 4.84 Å². The van der Waals surface area contributed by atoms with E-state index in [1.165, 1.54) is 11.8 Å². The van der Waals surface area contributed by atoms with Crippen molar-refractivity contribution in [2.24, 2.45) is 0 Å². The molecule has 2 N–H and O–H groups in total. The number of benzene rings is 1. The molecule has 0 fully saturated rings. The van der Waals surface area contributed by atoms with E-state index in [9.17, 15) is 9.59 Å². The highest BCUT2D eigenvalue weighted by molar-refractivity contribution is 8.00. The van der Waals surface area contributed by atoms with E-state index >= 15 is 0 Å². The van der Waals surface area contributed by atoms with Crippen LogP contribution in [-0.2, 0) is 16.0 Å². The van der Waals surface area contributed by atoms with Crippen LogP contribution >= 0.6 is 23.5 Å². The lowest BCUT2D eigenvalue weighted by atomic mass is 10.1. The fraction of sp³-hybridized carbons (Fsp3) is 0.385. The molecular formula is C13H16ClNO3S. The third kappa shape index (κ3) is 5.63. The van der Waals surface area contributed by atoms with Crippen LogP contribution in [0.1, 0.15) is 18.9 Å². The normalized spacial score (nSPS) is 12.1. The number of aliphatic carboxylic acids is 1. The van der Waals surface area contributed by atoms with Crippen molar-refractivity contribution in [3.05, 3.63) is 29.8 Å². The molecule has 1 unspecified atom stereocenters. The van der Waals surface area contributed by atoms with Crippen LogP contribution in [0.3, 0.4) is 0 Å². The smallest absolute Gasteiger partial charge is 0.322 e. The van der Waals surface area contributed by atoms with Crippen molar-refractivity contribution in [3.63, 3.8) is 0 Å². The highest BCUT2D eigenvalue weighted by atomic mass is 35.5. The molecule has 0 aromatic heterocycles. The van der Waals surface area contributed by atoms with Crippen molar-refractivity contribution >= 4 is 35.3 Å². The Kier molecular flexibility index (Phi) is 6.91. The second-order valence-corrected chi connectivity index (χ2v) is 5.30. The molecule has 0 aliphatic carbocycles. The Hall–Kier alpha value is -1.04. The van der Waals surface area contributed by atoms with Gasteiger partial charge in [-0.1, -0.05) is 19.1 Å². The van der Waals surface area contributed by atoms with Gasteiger partial charge in [0.05, 0.1) is 5.75 Å². The average molecular weight is 302 g/mol. The lowest BCUT2D eigenvalue weighted by Crippen LogP contribution is -2.32. The summed E-state index contributed by atoms with van der Waals surface area (Å²) in [4.78, 5) is 25.3. The number of halogens is 1. The van der Waals surface area contributed by atoms with Gasteiger partial charge in [0.15, 0.2) is 0 Å². The third-order valence-corrected chi connectivity index (χ3v) is 3.92. The number of Topliss-reactive ketones (excluding diaryl/α,β-unsaturated/α-hetero) is 1. The first-order valence-corrected chi connectivity index (χ1v) is 7.25. The van der Waals surface area contributed by atoms with Crippen molar-refractivity contribution in [2.75, 3.05) is 5.75 Å². The highest BCUT2D eigenvalue weighted by Crippen LogP contribution is 2.19. The van der Waals surface area contributed by atoms with E-state index in [1.54, 1.807) is 0 Å². The first kappa shape index (κ1) is 16.0. The summed E-state index contributed by atoms with van der Waals surface area (Å²) >= 11 is 6.86. The van der Waals surface area contributed by atoms with Crippen molar-refractivity contribution in [1.29, 1.82) is 0 Å². The Morgan fingerprint density at radius 3 is 2.47 bits per heavy atom. The Morgan fingerprint density at radius 2 is 2.00 bits per heavy atom. The van der Waals surface area contributed by atoms with Crippen LogP contribution in [-0.4, -0.2) is 28.7 Å². The molecule has 1 rings (SSSR count). The zero-order chi connectivity index (χ0) is 14.3.